The van der Waals surface area contributed by atoms with Crippen molar-refractivity contribution in [3.05, 3.63) is 29.8 Å². The molecule has 2 heteroatoms. The quantitative estimate of drug-likeness (QED) is 0.778. The molecule has 0 spiro atoms. The number of hydrogen-bond acceptors (Lipinski definition) is 2. The van der Waals surface area contributed by atoms with Crippen molar-refractivity contribution in [2.24, 2.45) is 0 Å². The lowest BCUT2D eigenvalue weighted by atomic mass is 9.93. The Kier molecular flexibility index (Phi) is 3.27. The number of anilines is 1. The smallest absolute Gasteiger partial charge is 0.0541 e. The minimum absolute atomic E-state index is 0.0685. The summed E-state index contributed by atoms with van der Waals surface area (Å²) >= 11 is 0. The Morgan fingerprint density at radius 3 is 2.27 bits per heavy atom. The van der Waals surface area contributed by atoms with Gasteiger partial charge in [-0.05, 0) is 44.7 Å². The summed E-state index contributed by atoms with van der Waals surface area (Å²) in [5.41, 5.74) is 2.49. The number of nitrogens with one attached hydrogen (secondary N) is 1. The zero-order valence-corrected chi connectivity index (χ0v) is 9.24. The molecule has 1 fully saturated rings. The molecule has 0 heterocycles. The first kappa shape index (κ1) is 10.5. The minimum atomic E-state index is -0.0685. The molecule has 2 nitrogen and oxygen atoms in total. The van der Waals surface area contributed by atoms with Crippen LogP contribution < -0.4 is 5.32 Å². The molecule has 0 unspecified atom stereocenters. The van der Waals surface area contributed by atoms with Crippen molar-refractivity contribution in [1.29, 1.82) is 0 Å². The third kappa shape index (κ3) is 2.96. The van der Waals surface area contributed by atoms with Gasteiger partial charge in [-0.3, -0.25) is 0 Å². The third-order valence-corrected chi connectivity index (χ3v) is 3.12. The van der Waals surface area contributed by atoms with E-state index in [4.69, 9.17) is 0 Å². The van der Waals surface area contributed by atoms with E-state index in [2.05, 4.69) is 36.5 Å². The van der Waals surface area contributed by atoms with E-state index in [0.717, 1.165) is 25.7 Å². The average Bonchev–Trinajstić information content (AvgIpc) is 2.25. The molecule has 0 aliphatic heterocycles. The second-order valence-corrected chi connectivity index (χ2v) is 4.52. The van der Waals surface area contributed by atoms with Crippen LogP contribution in [0.4, 0.5) is 5.69 Å². The Morgan fingerprint density at radius 1 is 1.07 bits per heavy atom. The van der Waals surface area contributed by atoms with Crippen LogP contribution in [0.1, 0.15) is 31.2 Å². The molecule has 1 aliphatic carbocycles. The van der Waals surface area contributed by atoms with Crippen LogP contribution in [0.5, 0.6) is 0 Å². The SMILES string of the molecule is Cc1ccc(NC2CCC(O)CC2)cc1. The molecule has 0 amide bonds. The molecule has 0 aromatic heterocycles. The number of aliphatic hydroxyl groups is 1. The Labute approximate surface area is 91.3 Å². The Bertz CT molecular complexity index is 299. The van der Waals surface area contributed by atoms with Gasteiger partial charge in [-0.25, -0.2) is 0 Å². The zero-order valence-electron chi connectivity index (χ0n) is 9.24. The van der Waals surface area contributed by atoms with Crippen molar-refractivity contribution in [2.75, 3.05) is 5.32 Å². The van der Waals surface area contributed by atoms with E-state index < -0.39 is 0 Å². The summed E-state index contributed by atoms with van der Waals surface area (Å²) in [5.74, 6) is 0. The van der Waals surface area contributed by atoms with Gasteiger partial charge in [0.15, 0.2) is 0 Å². The molecule has 0 radical (unpaired) electrons. The molecule has 1 saturated carbocycles. The molecular weight excluding hydrogens is 186 g/mol. The van der Waals surface area contributed by atoms with Gasteiger partial charge < -0.3 is 10.4 Å². The van der Waals surface area contributed by atoms with Crippen molar-refractivity contribution in [2.45, 2.75) is 44.8 Å². The fraction of sp³-hybridized carbons (Fsp3) is 0.538. The summed E-state index contributed by atoms with van der Waals surface area (Å²) < 4.78 is 0. The van der Waals surface area contributed by atoms with Gasteiger partial charge in [0.05, 0.1) is 6.10 Å². The first-order valence-corrected chi connectivity index (χ1v) is 5.75. The van der Waals surface area contributed by atoms with Crippen LogP contribution in [0.25, 0.3) is 0 Å². The van der Waals surface area contributed by atoms with Crippen LogP contribution in [-0.2, 0) is 0 Å². The van der Waals surface area contributed by atoms with Crippen molar-refractivity contribution in [1.82, 2.24) is 0 Å². The highest BCUT2D eigenvalue weighted by atomic mass is 16.3. The summed E-state index contributed by atoms with van der Waals surface area (Å²) in [4.78, 5) is 0. The van der Waals surface area contributed by atoms with Crippen molar-refractivity contribution < 1.29 is 5.11 Å². The predicted molar refractivity (Wildman–Crippen MR) is 63.1 cm³/mol. The van der Waals surface area contributed by atoms with Crippen LogP contribution in [0.2, 0.25) is 0 Å². The van der Waals surface area contributed by atoms with Gasteiger partial charge >= 0.3 is 0 Å². The maximum Gasteiger partial charge on any atom is 0.0541 e. The number of hydrogen-bond donors (Lipinski definition) is 2. The van der Waals surface area contributed by atoms with E-state index in [9.17, 15) is 5.11 Å². The minimum Gasteiger partial charge on any atom is -0.393 e. The van der Waals surface area contributed by atoms with Gasteiger partial charge in [0.25, 0.3) is 0 Å². The summed E-state index contributed by atoms with van der Waals surface area (Å²) in [6.07, 6.45) is 3.96. The van der Waals surface area contributed by atoms with E-state index in [0.29, 0.717) is 6.04 Å². The van der Waals surface area contributed by atoms with Crippen LogP contribution in [0.15, 0.2) is 24.3 Å². The van der Waals surface area contributed by atoms with Crippen LogP contribution in [-0.4, -0.2) is 17.3 Å². The van der Waals surface area contributed by atoms with Crippen LogP contribution in [0, 0.1) is 6.92 Å². The molecular formula is C13H19NO. The van der Waals surface area contributed by atoms with E-state index in [-0.39, 0.29) is 6.10 Å². The number of rotatable bonds is 2. The lowest BCUT2D eigenvalue weighted by Crippen LogP contribution is -2.28. The Hall–Kier alpha value is -1.02. The van der Waals surface area contributed by atoms with Gasteiger partial charge in [0.1, 0.15) is 0 Å². The lowest BCUT2D eigenvalue weighted by molar-refractivity contribution is 0.126. The van der Waals surface area contributed by atoms with Gasteiger partial charge in [-0.1, -0.05) is 17.7 Å². The highest BCUT2D eigenvalue weighted by molar-refractivity contribution is 5.45. The van der Waals surface area contributed by atoms with Gasteiger partial charge in [0.2, 0.25) is 0 Å². The first-order chi connectivity index (χ1) is 7.24. The summed E-state index contributed by atoms with van der Waals surface area (Å²) in [6, 6.07) is 9.04. The highest BCUT2D eigenvalue weighted by Crippen LogP contribution is 2.22. The fourth-order valence-corrected chi connectivity index (χ4v) is 2.11. The first-order valence-electron chi connectivity index (χ1n) is 5.75. The fourth-order valence-electron chi connectivity index (χ4n) is 2.11. The molecule has 15 heavy (non-hydrogen) atoms. The van der Waals surface area contributed by atoms with E-state index in [1.165, 1.54) is 11.3 Å². The van der Waals surface area contributed by atoms with Gasteiger partial charge in [0, 0.05) is 11.7 Å². The molecule has 0 bridgehead atoms. The highest BCUT2D eigenvalue weighted by Gasteiger charge is 2.18. The predicted octanol–water partition coefficient (Wildman–Crippen LogP) is 2.71. The summed E-state index contributed by atoms with van der Waals surface area (Å²) in [6.45, 7) is 2.10. The number of aryl methyl sites for hydroxylation is 1. The third-order valence-electron chi connectivity index (χ3n) is 3.12. The molecule has 1 aliphatic rings. The number of benzene rings is 1. The van der Waals surface area contributed by atoms with Gasteiger partial charge in [-0.2, -0.15) is 0 Å². The normalized spacial score (nSPS) is 26.3. The molecule has 1 aromatic carbocycles. The number of aliphatic hydroxyl groups excluding tert-OH is 1. The van der Waals surface area contributed by atoms with Crippen molar-refractivity contribution in [3.63, 3.8) is 0 Å². The maximum absolute atomic E-state index is 9.40. The lowest BCUT2D eigenvalue weighted by Gasteiger charge is -2.27. The molecule has 82 valence electrons. The summed E-state index contributed by atoms with van der Waals surface area (Å²) in [7, 11) is 0. The zero-order chi connectivity index (χ0) is 10.7. The van der Waals surface area contributed by atoms with Gasteiger partial charge in [-0.15, -0.1) is 0 Å². The Morgan fingerprint density at radius 2 is 1.67 bits per heavy atom. The van der Waals surface area contributed by atoms with Crippen LogP contribution in [0.3, 0.4) is 0 Å². The molecule has 2 N–H and O–H groups in total. The largest absolute Gasteiger partial charge is 0.393 e. The van der Waals surface area contributed by atoms with E-state index in [1.807, 2.05) is 0 Å². The van der Waals surface area contributed by atoms with Crippen molar-refractivity contribution >= 4 is 5.69 Å². The Balaban J connectivity index is 1.89. The average molecular weight is 205 g/mol. The molecule has 0 saturated heterocycles. The maximum atomic E-state index is 9.40. The molecule has 0 atom stereocenters. The van der Waals surface area contributed by atoms with E-state index in [1.54, 1.807) is 0 Å². The van der Waals surface area contributed by atoms with Crippen LogP contribution >= 0.6 is 0 Å². The summed E-state index contributed by atoms with van der Waals surface area (Å²) in [5, 5.41) is 12.9. The van der Waals surface area contributed by atoms with E-state index >= 15 is 0 Å². The standard InChI is InChI=1S/C13H19NO/c1-10-2-4-11(5-3-10)14-12-6-8-13(15)9-7-12/h2-5,12-15H,6-9H2,1H3. The van der Waals surface area contributed by atoms with Crippen molar-refractivity contribution in [3.8, 4) is 0 Å². The molecule has 2 rings (SSSR count). The monoisotopic (exact) mass is 205 g/mol. The second-order valence-electron chi connectivity index (χ2n) is 4.52. The second kappa shape index (κ2) is 4.67. The molecule has 1 aromatic rings. The topological polar surface area (TPSA) is 32.3 Å².